The fourth-order valence-corrected chi connectivity index (χ4v) is 7.75. The topological polar surface area (TPSA) is 99.9 Å². The molecule has 1 aromatic heterocycles. The molecule has 1 saturated carbocycles. The highest BCUT2D eigenvalue weighted by Gasteiger charge is 2.34. The number of fused-ring (bicyclic) bond motifs is 1. The zero-order valence-electron chi connectivity index (χ0n) is 29.3. The van der Waals surface area contributed by atoms with Gasteiger partial charge in [-0.05, 0) is 67.0 Å². The van der Waals surface area contributed by atoms with Gasteiger partial charge in [0, 0.05) is 80.2 Å². The summed E-state index contributed by atoms with van der Waals surface area (Å²) in [7, 11) is 0. The van der Waals surface area contributed by atoms with Gasteiger partial charge in [0.1, 0.15) is 36.0 Å². The quantitative estimate of drug-likeness (QED) is 0.123. The van der Waals surface area contributed by atoms with Crippen LogP contribution >= 0.6 is 23.2 Å². The van der Waals surface area contributed by atoms with Gasteiger partial charge < -0.3 is 29.5 Å². The molecule has 0 spiro atoms. The second-order valence-corrected chi connectivity index (χ2v) is 14.8. The van der Waals surface area contributed by atoms with Gasteiger partial charge in [0.05, 0.1) is 28.3 Å². The van der Waals surface area contributed by atoms with Crippen molar-refractivity contribution in [1.82, 2.24) is 15.2 Å². The monoisotopic (exact) mass is 762 g/mol. The largest absolute Gasteiger partial charge is 0.492 e. The molecule has 7 rings (SSSR count). The van der Waals surface area contributed by atoms with Gasteiger partial charge >= 0.3 is 0 Å². The van der Waals surface area contributed by atoms with Gasteiger partial charge in [-0.2, -0.15) is 5.26 Å². The molecule has 1 aliphatic heterocycles. The number of hydrogen-bond donors (Lipinski definition) is 2. The molecule has 2 fully saturated rings. The number of nitrogens with zero attached hydrogens (tertiary/aromatic N) is 3. The van der Waals surface area contributed by atoms with Crippen molar-refractivity contribution in [3.63, 3.8) is 0 Å². The number of halogens is 4. The van der Waals surface area contributed by atoms with E-state index >= 15 is 0 Å². The Bertz CT molecular complexity index is 1970. The van der Waals surface area contributed by atoms with E-state index in [1.54, 1.807) is 12.3 Å². The summed E-state index contributed by atoms with van der Waals surface area (Å²) in [5.74, 6) is -0.879. The van der Waals surface area contributed by atoms with Crippen molar-refractivity contribution in [2.45, 2.75) is 82.3 Å². The van der Waals surface area contributed by atoms with E-state index in [1.807, 2.05) is 36.4 Å². The predicted octanol–water partition coefficient (Wildman–Crippen LogP) is 8.69. The number of pyridine rings is 1. The average Bonchev–Trinajstić information content (AvgIpc) is 3.57. The van der Waals surface area contributed by atoms with Crippen molar-refractivity contribution in [3.8, 4) is 34.4 Å². The summed E-state index contributed by atoms with van der Waals surface area (Å²) in [5, 5.41) is 23.8. The van der Waals surface area contributed by atoms with Crippen LogP contribution in [-0.4, -0.2) is 59.3 Å². The molecule has 0 radical (unpaired) electrons. The molecule has 0 bridgehead atoms. The Hall–Kier alpha value is -3.98. The van der Waals surface area contributed by atoms with Gasteiger partial charge in [0.2, 0.25) is 0 Å². The molecule has 0 amide bonds. The first kappa shape index (κ1) is 37.3. The lowest BCUT2D eigenvalue weighted by Gasteiger charge is -2.33. The number of benzene rings is 3. The summed E-state index contributed by atoms with van der Waals surface area (Å²) in [5.41, 5.74) is 6.13. The second kappa shape index (κ2) is 16.6. The highest BCUT2D eigenvalue weighted by molar-refractivity contribution is 6.35. The number of aliphatic hydroxyl groups is 1. The molecule has 278 valence electrons. The minimum absolute atomic E-state index is 0.0176. The Morgan fingerprint density at radius 2 is 1.77 bits per heavy atom. The average molecular weight is 764 g/mol. The van der Waals surface area contributed by atoms with Gasteiger partial charge in [-0.1, -0.05) is 53.5 Å². The number of nitriles is 1. The summed E-state index contributed by atoms with van der Waals surface area (Å²) in [6.07, 6.45) is 6.29. The first-order chi connectivity index (χ1) is 25.7. The number of hydrogen-bond acceptors (Lipinski definition) is 8. The fourth-order valence-electron chi connectivity index (χ4n) is 7.24. The molecule has 4 aromatic rings. The molecule has 12 heteroatoms. The van der Waals surface area contributed by atoms with E-state index in [4.69, 9.17) is 37.4 Å². The van der Waals surface area contributed by atoms with E-state index in [0.717, 1.165) is 59.1 Å². The fraction of sp³-hybridized carbons (Fsp3) is 0.415. The van der Waals surface area contributed by atoms with Crippen LogP contribution in [0.2, 0.25) is 10.0 Å². The second-order valence-electron chi connectivity index (χ2n) is 14.0. The van der Waals surface area contributed by atoms with E-state index < -0.39 is 5.92 Å². The lowest BCUT2D eigenvalue weighted by molar-refractivity contribution is -0.0554. The Morgan fingerprint density at radius 1 is 0.962 bits per heavy atom. The third-order valence-electron chi connectivity index (χ3n) is 10.4. The molecule has 3 aliphatic rings. The van der Waals surface area contributed by atoms with E-state index in [-0.39, 0.29) is 37.7 Å². The molecule has 3 aromatic carbocycles. The van der Waals surface area contributed by atoms with E-state index in [1.165, 1.54) is 6.20 Å². The van der Waals surface area contributed by atoms with Crippen LogP contribution in [0.1, 0.15) is 72.4 Å². The minimum atomic E-state index is -2.55. The summed E-state index contributed by atoms with van der Waals surface area (Å²) in [4.78, 5) is 6.21. The van der Waals surface area contributed by atoms with Gasteiger partial charge in [-0.15, -0.1) is 0 Å². The lowest BCUT2D eigenvalue weighted by atomic mass is 9.89. The van der Waals surface area contributed by atoms with Crippen LogP contribution in [0.25, 0.3) is 11.1 Å². The lowest BCUT2D eigenvalue weighted by Crippen LogP contribution is -2.47. The minimum Gasteiger partial charge on any atom is -0.492 e. The van der Waals surface area contributed by atoms with Crippen LogP contribution in [0.5, 0.6) is 17.2 Å². The Morgan fingerprint density at radius 3 is 2.55 bits per heavy atom. The molecule has 2 N–H and O–H groups in total. The number of nitrogens with one attached hydrogen (secondary N) is 1. The SMILES string of the molecule is N#Cc1cncc(COc2cc(O[C@H]3CCc4c(-c5cccc(OCCCN6CCC(F)(F)CC6)c5Cl)cccc43)c(Cl)cc2CN[C@H]2CC[C@@H]2O)c1. The number of piperidine rings is 1. The first-order valence-electron chi connectivity index (χ1n) is 18.2. The zero-order chi connectivity index (χ0) is 37.0. The van der Waals surface area contributed by atoms with Gasteiger partial charge in [-0.25, -0.2) is 8.78 Å². The van der Waals surface area contributed by atoms with Crippen molar-refractivity contribution >= 4 is 23.2 Å². The maximum atomic E-state index is 13.5. The van der Waals surface area contributed by atoms with Crippen molar-refractivity contribution in [2.24, 2.45) is 0 Å². The van der Waals surface area contributed by atoms with Gasteiger partial charge in [0.25, 0.3) is 5.92 Å². The molecule has 3 atom stereocenters. The molecular weight excluding hydrogens is 721 g/mol. The van der Waals surface area contributed by atoms with Gasteiger partial charge in [-0.3, -0.25) is 4.98 Å². The number of alkyl halides is 2. The van der Waals surface area contributed by atoms with Crippen LogP contribution in [-0.2, 0) is 19.6 Å². The predicted molar refractivity (Wildman–Crippen MR) is 200 cm³/mol. The van der Waals surface area contributed by atoms with Crippen LogP contribution in [0.4, 0.5) is 8.78 Å². The molecule has 2 heterocycles. The number of likely N-dealkylation sites (tertiary alicyclic amines) is 1. The highest BCUT2D eigenvalue weighted by atomic mass is 35.5. The van der Waals surface area contributed by atoms with Crippen molar-refractivity contribution in [3.05, 3.63) is 105 Å². The number of aliphatic hydroxyl groups excluding tert-OH is 1. The smallest absolute Gasteiger partial charge is 0.250 e. The molecule has 8 nitrogen and oxygen atoms in total. The molecule has 0 unspecified atom stereocenters. The Balaban J connectivity index is 1.05. The molecule has 53 heavy (non-hydrogen) atoms. The summed E-state index contributed by atoms with van der Waals surface area (Å²) in [6.45, 7) is 2.59. The van der Waals surface area contributed by atoms with E-state index in [2.05, 4.69) is 33.4 Å². The van der Waals surface area contributed by atoms with Crippen LogP contribution in [0, 0.1) is 11.3 Å². The number of aromatic nitrogens is 1. The first-order valence-corrected chi connectivity index (χ1v) is 18.9. The molecule has 1 saturated heterocycles. The van der Waals surface area contributed by atoms with E-state index in [9.17, 15) is 19.1 Å². The Labute approximate surface area is 318 Å². The van der Waals surface area contributed by atoms with Crippen molar-refractivity contribution in [2.75, 3.05) is 26.2 Å². The summed E-state index contributed by atoms with van der Waals surface area (Å²) >= 11 is 13.8. The normalized spacial score (nSPS) is 20.6. The van der Waals surface area contributed by atoms with Crippen LogP contribution < -0.4 is 19.5 Å². The summed E-state index contributed by atoms with van der Waals surface area (Å²) in [6, 6.07) is 19.5. The summed E-state index contributed by atoms with van der Waals surface area (Å²) < 4.78 is 46.0. The van der Waals surface area contributed by atoms with Crippen molar-refractivity contribution in [1.29, 1.82) is 5.26 Å². The van der Waals surface area contributed by atoms with E-state index in [0.29, 0.717) is 72.1 Å². The van der Waals surface area contributed by atoms with Gasteiger partial charge in [0.15, 0.2) is 0 Å². The van der Waals surface area contributed by atoms with Crippen LogP contribution in [0.3, 0.4) is 0 Å². The third kappa shape index (κ3) is 8.88. The molecular formula is C41H42Cl2F2N4O4. The zero-order valence-corrected chi connectivity index (χ0v) is 30.8. The highest BCUT2D eigenvalue weighted by Crippen LogP contribution is 2.45. The van der Waals surface area contributed by atoms with Crippen molar-refractivity contribution < 1.29 is 28.1 Å². The van der Waals surface area contributed by atoms with Crippen LogP contribution in [0.15, 0.2) is 67.0 Å². The third-order valence-corrected chi connectivity index (χ3v) is 11.1. The number of rotatable bonds is 14. The molecule has 2 aliphatic carbocycles. The maximum absolute atomic E-state index is 13.5. The number of ether oxygens (including phenoxy) is 3. The Kier molecular flexibility index (Phi) is 11.7. The standard InChI is InChI=1S/C41H42Cl2F2N4O4/c42-33-19-28(24-48-34-9-10-35(34)50)38(52-25-27-18-26(21-46)22-47-23-27)20-39(33)53-36-11-8-30-29(4-1-5-31(30)36)32-6-2-7-37(40(32)43)51-17-3-14-49-15-12-41(44,45)13-16-49/h1-2,4-7,18-20,22-23,34-36,48,50H,3,8-17,24-25H2/t34-,35-,36-/m0/s1. The maximum Gasteiger partial charge on any atom is 0.250 e.